The van der Waals surface area contributed by atoms with Crippen molar-refractivity contribution in [3.8, 4) is 0 Å². The Balaban J connectivity index is 1.60. The van der Waals surface area contributed by atoms with Gasteiger partial charge in [-0.3, -0.25) is 9.69 Å². The molecule has 2 aromatic heterocycles. The maximum absolute atomic E-state index is 13.6. The average Bonchev–Trinajstić information content (AvgIpc) is 3.48. The van der Waals surface area contributed by atoms with E-state index in [9.17, 15) is 4.79 Å². The number of fused-ring (bicyclic) bond motifs is 2. The normalized spacial score (nSPS) is 16.7. The number of aromatic nitrogens is 2. The van der Waals surface area contributed by atoms with Crippen molar-refractivity contribution in [3.63, 3.8) is 0 Å². The second-order valence-electron chi connectivity index (χ2n) is 7.34. The predicted octanol–water partition coefficient (Wildman–Crippen LogP) is 5.57. The van der Waals surface area contributed by atoms with Crippen LogP contribution in [0.2, 0.25) is 5.02 Å². The van der Waals surface area contributed by atoms with Crippen LogP contribution in [0, 0.1) is 6.92 Å². The van der Waals surface area contributed by atoms with Crippen LogP contribution in [0.5, 0.6) is 0 Å². The summed E-state index contributed by atoms with van der Waals surface area (Å²) in [6, 6.07) is 11.7. The highest BCUT2D eigenvalue weighted by molar-refractivity contribution is 7.23. The smallest absolute Gasteiger partial charge is 0.262 e. The molecule has 1 aliphatic rings. The number of nitrogens with zero attached hydrogens (tertiary/aromatic N) is 2. The highest BCUT2D eigenvalue weighted by Crippen LogP contribution is 2.37. The molecule has 29 heavy (non-hydrogen) atoms. The molecule has 148 valence electrons. The standard InChI is InChI=1S/C22H20ClN3O2S/c1-13-8-9-17(23)20-19(13)25-22(29-20)26(12-14-5-4-10-28-14)21(27)16-11-24-18-7-3-2-6-15(16)18/h2-3,6-9,11,14,24H,4-5,10,12H2,1H3. The third-order valence-electron chi connectivity index (χ3n) is 5.39. The number of carbonyl (C=O) groups is 1. The van der Waals surface area contributed by atoms with Crippen LogP contribution < -0.4 is 4.90 Å². The van der Waals surface area contributed by atoms with E-state index in [1.165, 1.54) is 11.3 Å². The van der Waals surface area contributed by atoms with Crippen LogP contribution in [0.1, 0.15) is 28.8 Å². The molecule has 1 amide bonds. The van der Waals surface area contributed by atoms with Crippen molar-refractivity contribution in [2.75, 3.05) is 18.1 Å². The SMILES string of the molecule is Cc1ccc(Cl)c2sc(N(CC3CCCO3)C(=O)c3c[nH]c4ccccc34)nc12. The minimum Gasteiger partial charge on any atom is -0.376 e. The molecule has 7 heteroatoms. The summed E-state index contributed by atoms with van der Waals surface area (Å²) in [5.74, 6) is -0.0780. The number of H-pyrrole nitrogens is 1. The topological polar surface area (TPSA) is 58.2 Å². The Hall–Kier alpha value is -2.41. The molecule has 3 heterocycles. The van der Waals surface area contributed by atoms with Crippen LogP contribution in [-0.2, 0) is 4.74 Å². The van der Waals surface area contributed by atoms with Crippen molar-refractivity contribution < 1.29 is 9.53 Å². The molecule has 0 saturated carbocycles. The van der Waals surface area contributed by atoms with Gasteiger partial charge in [-0.25, -0.2) is 4.98 Å². The van der Waals surface area contributed by atoms with Gasteiger partial charge in [-0.15, -0.1) is 0 Å². The summed E-state index contributed by atoms with van der Waals surface area (Å²) >= 11 is 7.87. The molecular weight excluding hydrogens is 406 g/mol. The monoisotopic (exact) mass is 425 g/mol. The number of aromatic amines is 1. The number of rotatable bonds is 4. The van der Waals surface area contributed by atoms with E-state index in [1.807, 2.05) is 43.3 Å². The van der Waals surface area contributed by atoms with Gasteiger partial charge in [0, 0.05) is 23.7 Å². The lowest BCUT2D eigenvalue weighted by Crippen LogP contribution is -2.37. The molecule has 5 nitrogen and oxygen atoms in total. The van der Waals surface area contributed by atoms with Gasteiger partial charge in [0.1, 0.15) is 0 Å². The molecule has 0 bridgehead atoms. The molecule has 0 aliphatic carbocycles. The zero-order valence-electron chi connectivity index (χ0n) is 15.9. The summed E-state index contributed by atoms with van der Waals surface area (Å²) in [7, 11) is 0. The van der Waals surface area contributed by atoms with Crippen LogP contribution in [0.4, 0.5) is 5.13 Å². The third-order valence-corrected chi connectivity index (χ3v) is 6.93. The lowest BCUT2D eigenvalue weighted by atomic mass is 10.1. The van der Waals surface area contributed by atoms with E-state index >= 15 is 0 Å². The average molecular weight is 426 g/mol. The van der Waals surface area contributed by atoms with Gasteiger partial charge in [0.2, 0.25) is 0 Å². The van der Waals surface area contributed by atoms with E-state index in [0.717, 1.165) is 46.1 Å². The first kappa shape index (κ1) is 18.6. The van der Waals surface area contributed by atoms with Gasteiger partial charge in [-0.05, 0) is 37.5 Å². The third kappa shape index (κ3) is 3.31. The van der Waals surface area contributed by atoms with Crippen molar-refractivity contribution in [3.05, 3.63) is 58.7 Å². The van der Waals surface area contributed by atoms with Crippen molar-refractivity contribution in [1.82, 2.24) is 9.97 Å². The van der Waals surface area contributed by atoms with Gasteiger partial charge in [0.05, 0.1) is 33.5 Å². The number of thiazole rings is 1. The number of hydrogen-bond donors (Lipinski definition) is 1. The van der Waals surface area contributed by atoms with Crippen molar-refractivity contribution in [1.29, 1.82) is 0 Å². The summed E-state index contributed by atoms with van der Waals surface area (Å²) in [5, 5.41) is 2.22. The molecule has 1 fully saturated rings. The maximum atomic E-state index is 13.6. The number of para-hydroxylation sites is 1. The molecule has 1 unspecified atom stereocenters. The molecule has 1 aliphatic heterocycles. The maximum Gasteiger partial charge on any atom is 0.262 e. The van der Waals surface area contributed by atoms with Crippen molar-refractivity contribution >= 4 is 55.1 Å². The van der Waals surface area contributed by atoms with Crippen LogP contribution >= 0.6 is 22.9 Å². The highest BCUT2D eigenvalue weighted by atomic mass is 35.5. The number of nitrogens with one attached hydrogen (secondary N) is 1. The van der Waals surface area contributed by atoms with E-state index in [2.05, 4.69) is 4.98 Å². The minimum atomic E-state index is -0.0780. The Labute approximate surface area is 177 Å². The fraction of sp³-hybridized carbons (Fsp3) is 0.273. The zero-order valence-corrected chi connectivity index (χ0v) is 17.5. The number of carbonyl (C=O) groups excluding carboxylic acids is 1. The molecule has 2 aromatic carbocycles. The van der Waals surface area contributed by atoms with E-state index in [1.54, 1.807) is 11.1 Å². The number of ether oxygens (including phenoxy) is 1. The molecule has 5 rings (SSSR count). The molecule has 1 saturated heterocycles. The Bertz CT molecular complexity index is 1170. The summed E-state index contributed by atoms with van der Waals surface area (Å²) in [4.78, 5) is 23.4. The summed E-state index contributed by atoms with van der Waals surface area (Å²) in [6.45, 7) is 3.23. The molecule has 0 spiro atoms. The van der Waals surface area contributed by atoms with Crippen LogP contribution in [0.15, 0.2) is 42.6 Å². The number of hydrogen-bond acceptors (Lipinski definition) is 4. The Morgan fingerprint density at radius 3 is 3.00 bits per heavy atom. The molecule has 1 N–H and O–H groups in total. The van der Waals surface area contributed by atoms with Gasteiger partial charge in [-0.2, -0.15) is 0 Å². The van der Waals surface area contributed by atoms with Gasteiger partial charge in [0.25, 0.3) is 5.91 Å². The van der Waals surface area contributed by atoms with Crippen LogP contribution in [0.25, 0.3) is 21.1 Å². The largest absolute Gasteiger partial charge is 0.376 e. The van der Waals surface area contributed by atoms with Crippen molar-refractivity contribution in [2.24, 2.45) is 0 Å². The number of benzene rings is 2. The lowest BCUT2D eigenvalue weighted by Gasteiger charge is -2.22. The van der Waals surface area contributed by atoms with Gasteiger partial charge in [-0.1, -0.05) is 47.2 Å². The molecular formula is C22H20ClN3O2S. The van der Waals surface area contributed by atoms with E-state index in [4.69, 9.17) is 21.3 Å². The van der Waals surface area contributed by atoms with Gasteiger partial charge in [0.15, 0.2) is 5.13 Å². The number of amides is 1. The zero-order chi connectivity index (χ0) is 20.0. The Kier molecular flexibility index (Phi) is 4.78. The second kappa shape index (κ2) is 7.44. The summed E-state index contributed by atoms with van der Waals surface area (Å²) in [5.41, 5.74) is 3.47. The molecule has 1 atom stereocenters. The second-order valence-corrected chi connectivity index (χ2v) is 8.72. The predicted molar refractivity (Wildman–Crippen MR) is 118 cm³/mol. The summed E-state index contributed by atoms with van der Waals surface area (Å²) in [6.07, 6.45) is 3.77. The van der Waals surface area contributed by atoms with Crippen LogP contribution in [-0.4, -0.2) is 35.1 Å². The summed E-state index contributed by atoms with van der Waals surface area (Å²) < 4.78 is 6.74. The first-order chi connectivity index (χ1) is 14.1. The quantitative estimate of drug-likeness (QED) is 0.465. The number of anilines is 1. The first-order valence-corrected chi connectivity index (χ1v) is 10.9. The Morgan fingerprint density at radius 2 is 2.21 bits per heavy atom. The molecule has 0 radical (unpaired) electrons. The van der Waals surface area contributed by atoms with E-state index in [-0.39, 0.29) is 12.0 Å². The fourth-order valence-electron chi connectivity index (χ4n) is 3.84. The van der Waals surface area contributed by atoms with E-state index < -0.39 is 0 Å². The number of aryl methyl sites for hydroxylation is 1. The molecule has 4 aromatic rings. The van der Waals surface area contributed by atoms with Crippen molar-refractivity contribution in [2.45, 2.75) is 25.9 Å². The van der Waals surface area contributed by atoms with E-state index in [0.29, 0.717) is 22.3 Å². The highest BCUT2D eigenvalue weighted by Gasteiger charge is 2.28. The Morgan fingerprint density at radius 1 is 1.34 bits per heavy atom. The van der Waals surface area contributed by atoms with Crippen LogP contribution in [0.3, 0.4) is 0 Å². The lowest BCUT2D eigenvalue weighted by molar-refractivity contribution is 0.0919. The first-order valence-electron chi connectivity index (χ1n) is 9.67. The minimum absolute atomic E-state index is 0.0211. The van der Waals surface area contributed by atoms with Gasteiger partial charge < -0.3 is 9.72 Å². The van der Waals surface area contributed by atoms with Gasteiger partial charge >= 0.3 is 0 Å². The number of halogens is 1. The fourth-order valence-corrected chi connectivity index (χ4v) is 5.16.